The summed E-state index contributed by atoms with van der Waals surface area (Å²) in [6.07, 6.45) is 5.88. The van der Waals surface area contributed by atoms with Crippen molar-refractivity contribution in [1.82, 2.24) is 10.2 Å². The molecule has 4 rings (SSSR count). The zero-order valence-corrected chi connectivity index (χ0v) is 16.0. The molecule has 3 heterocycles. The quantitative estimate of drug-likeness (QED) is 0.862. The molecule has 1 amide bonds. The second-order valence-corrected chi connectivity index (χ2v) is 8.36. The number of rotatable bonds is 5. The van der Waals surface area contributed by atoms with Crippen LogP contribution in [0.5, 0.6) is 5.75 Å². The normalized spacial score (nSPS) is 25.7. The summed E-state index contributed by atoms with van der Waals surface area (Å²) >= 11 is 1.84. The summed E-state index contributed by atoms with van der Waals surface area (Å²) in [6, 6.07) is 13.2. The van der Waals surface area contributed by atoms with Gasteiger partial charge in [0.15, 0.2) is 0 Å². The second-order valence-electron chi connectivity index (χ2n) is 7.33. The molecule has 1 unspecified atom stereocenters. The molecule has 5 heteroatoms. The van der Waals surface area contributed by atoms with E-state index in [1.54, 1.807) is 7.11 Å². The van der Waals surface area contributed by atoms with E-state index < -0.39 is 0 Å². The third-order valence-corrected chi connectivity index (χ3v) is 6.59. The molecule has 4 nitrogen and oxygen atoms in total. The van der Waals surface area contributed by atoms with Gasteiger partial charge < -0.3 is 10.1 Å². The highest BCUT2D eigenvalue weighted by Gasteiger charge is 2.38. The lowest BCUT2D eigenvalue weighted by Crippen LogP contribution is -2.56. The average molecular weight is 371 g/mol. The number of carbonyl (C=O) groups is 1. The fourth-order valence-corrected chi connectivity index (χ4v) is 5.25. The van der Waals surface area contributed by atoms with E-state index >= 15 is 0 Å². The first kappa shape index (κ1) is 17.6. The van der Waals surface area contributed by atoms with E-state index in [2.05, 4.69) is 27.7 Å². The number of hydrogen-bond acceptors (Lipinski definition) is 4. The van der Waals surface area contributed by atoms with Gasteiger partial charge in [-0.1, -0.05) is 24.6 Å². The number of hydrogen-bond donors (Lipinski definition) is 1. The Balaban J connectivity index is 1.43. The molecule has 1 aromatic carbocycles. The Morgan fingerprint density at radius 3 is 2.65 bits per heavy atom. The first-order valence-electron chi connectivity index (χ1n) is 9.46. The Morgan fingerprint density at radius 2 is 1.96 bits per heavy atom. The molecule has 2 aliphatic rings. The van der Waals surface area contributed by atoms with Crippen LogP contribution in [0.4, 0.5) is 0 Å². The fourth-order valence-electron chi connectivity index (χ4n) is 4.53. The lowest BCUT2D eigenvalue weighted by molar-refractivity contribution is 0.0184. The Morgan fingerprint density at radius 1 is 1.19 bits per heavy atom. The smallest absolute Gasteiger partial charge is 0.255 e. The van der Waals surface area contributed by atoms with E-state index in [0.717, 1.165) is 19.4 Å². The SMILES string of the molecule is COc1ccccc1C(=O)NC1C[C@H]2CCC[C@@H](C1)N2Cc1cccs1. The number of thiophene rings is 1. The van der Waals surface area contributed by atoms with Crippen LogP contribution in [0.2, 0.25) is 0 Å². The summed E-state index contributed by atoms with van der Waals surface area (Å²) in [5.41, 5.74) is 0.626. The van der Waals surface area contributed by atoms with Gasteiger partial charge in [-0.15, -0.1) is 11.3 Å². The zero-order valence-electron chi connectivity index (χ0n) is 15.2. The minimum atomic E-state index is -0.0165. The maximum absolute atomic E-state index is 12.7. The van der Waals surface area contributed by atoms with Crippen LogP contribution < -0.4 is 10.1 Å². The van der Waals surface area contributed by atoms with Crippen LogP contribution in [0.15, 0.2) is 41.8 Å². The highest BCUT2D eigenvalue weighted by molar-refractivity contribution is 7.09. The number of piperidine rings is 2. The number of ether oxygens (including phenoxy) is 1. The summed E-state index contributed by atoms with van der Waals surface area (Å²) in [7, 11) is 1.61. The zero-order chi connectivity index (χ0) is 17.9. The number of nitrogens with zero attached hydrogens (tertiary/aromatic N) is 1. The van der Waals surface area contributed by atoms with E-state index in [1.807, 2.05) is 35.6 Å². The molecule has 26 heavy (non-hydrogen) atoms. The number of methoxy groups -OCH3 is 1. The number of nitrogens with one attached hydrogen (secondary N) is 1. The standard InChI is InChI=1S/C21H26N2O2S/c1-25-20-10-3-2-9-19(20)21(24)22-15-12-16-6-4-7-17(13-15)23(16)14-18-8-5-11-26-18/h2-3,5,8-11,15-17H,4,6-7,12-14H2,1H3,(H,22,24)/t15?,16-,17+. The van der Waals surface area contributed by atoms with Crippen molar-refractivity contribution in [2.24, 2.45) is 0 Å². The van der Waals surface area contributed by atoms with Crippen molar-refractivity contribution in [2.45, 2.75) is 56.8 Å². The molecule has 2 fully saturated rings. The van der Waals surface area contributed by atoms with Crippen LogP contribution in [0.3, 0.4) is 0 Å². The molecular weight excluding hydrogens is 344 g/mol. The van der Waals surface area contributed by atoms with Crippen molar-refractivity contribution in [3.8, 4) is 5.75 Å². The average Bonchev–Trinajstić information content (AvgIpc) is 3.15. The maximum Gasteiger partial charge on any atom is 0.255 e. The summed E-state index contributed by atoms with van der Waals surface area (Å²) in [5, 5.41) is 5.43. The van der Waals surface area contributed by atoms with Gasteiger partial charge in [-0.2, -0.15) is 0 Å². The van der Waals surface area contributed by atoms with Crippen LogP contribution in [-0.4, -0.2) is 36.0 Å². The van der Waals surface area contributed by atoms with Gasteiger partial charge in [-0.25, -0.2) is 0 Å². The highest BCUT2D eigenvalue weighted by atomic mass is 32.1. The van der Waals surface area contributed by atoms with Crippen LogP contribution in [0, 0.1) is 0 Å². The van der Waals surface area contributed by atoms with Gasteiger partial charge in [0.1, 0.15) is 5.75 Å². The predicted octanol–water partition coefficient (Wildman–Crippen LogP) is 4.07. The third kappa shape index (κ3) is 3.64. The maximum atomic E-state index is 12.7. The summed E-state index contributed by atoms with van der Waals surface area (Å²) < 4.78 is 5.34. The Kier molecular flexibility index (Phi) is 5.27. The minimum Gasteiger partial charge on any atom is -0.496 e. The summed E-state index contributed by atoms with van der Waals surface area (Å²) in [5.74, 6) is 0.623. The second kappa shape index (κ2) is 7.80. The number of carbonyl (C=O) groups excluding carboxylic acids is 1. The fraction of sp³-hybridized carbons (Fsp3) is 0.476. The molecule has 3 atom stereocenters. The van der Waals surface area contributed by atoms with Gasteiger partial charge in [-0.05, 0) is 49.3 Å². The van der Waals surface area contributed by atoms with E-state index in [0.29, 0.717) is 23.4 Å². The molecule has 0 radical (unpaired) electrons. The Bertz CT molecular complexity index is 732. The van der Waals surface area contributed by atoms with Crippen molar-refractivity contribution >= 4 is 17.2 Å². The van der Waals surface area contributed by atoms with Gasteiger partial charge in [0, 0.05) is 29.5 Å². The number of para-hydroxylation sites is 1. The van der Waals surface area contributed by atoms with Gasteiger partial charge in [0.2, 0.25) is 0 Å². The van der Waals surface area contributed by atoms with Crippen LogP contribution in [-0.2, 0) is 6.54 Å². The van der Waals surface area contributed by atoms with Crippen LogP contribution >= 0.6 is 11.3 Å². The number of amides is 1. The monoisotopic (exact) mass is 370 g/mol. The predicted molar refractivity (Wildman–Crippen MR) is 105 cm³/mol. The van der Waals surface area contributed by atoms with Crippen molar-refractivity contribution in [1.29, 1.82) is 0 Å². The number of benzene rings is 1. The molecule has 2 saturated heterocycles. The van der Waals surface area contributed by atoms with Crippen molar-refractivity contribution < 1.29 is 9.53 Å². The lowest BCUT2D eigenvalue weighted by atomic mass is 9.81. The number of fused-ring (bicyclic) bond motifs is 2. The van der Waals surface area contributed by atoms with Gasteiger partial charge in [-0.3, -0.25) is 9.69 Å². The van der Waals surface area contributed by atoms with E-state index in [4.69, 9.17) is 4.74 Å². The van der Waals surface area contributed by atoms with Gasteiger partial charge in [0.05, 0.1) is 12.7 Å². The first-order valence-corrected chi connectivity index (χ1v) is 10.3. The topological polar surface area (TPSA) is 41.6 Å². The van der Waals surface area contributed by atoms with Crippen LogP contribution in [0.1, 0.15) is 47.3 Å². The van der Waals surface area contributed by atoms with Crippen molar-refractivity contribution in [3.63, 3.8) is 0 Å². The minimum absolute atomic E-state index is 0.0165. The Hall–Kier alpha value is -1.85. The third-order valence-electron chi connectivity index (χ3n) is 5.73. The molecule has 1 aromatic heterocycles. The van der Waals surface area contributed by atoms with E-state index in [9.17, 15) is 4.79 Å². The largest absolute Gasteiger partial charge is 0.496 e. The molecule has 0 spiro atoms. The van der Waals surface area contributed by atoms with Gasteiger partial charge >= 0.3 is 0 Å². The molecule has 2 bridgehead atoms. The molecule has 138 valence electrons. The molecule has 0 aliphatic carbocycles. The van der Waals surface area contributed by atoms with E-state index in [-0.39, 0.29) is 11.9 Å². The highest BCUT2D eigenvalue weighted by Crippen LogP contribution is 2.36. The summed E-state index contributed by atoms with van der Waals surface area (Å²) in [6.45, 7) is 1.06. The Labute approximate surface area is 159 Å². The van der Waals surface area contributed by atoms with Crippen LogP contribution in [0.25, 0.3) is 0 Å². The molecular formula is C21H26N2O2S. The molecule has 2 aromatic rings. The van der Waals surface area contributed by atoms with Gasteiger partial charge in [0.25, 0.3) is 5.91 Å². The summed E-state index contributed by atoms with van der Waals surface area (Å²) in [4.78, 5) is 16.9. The van der Waals surface area contributed by atoms with Crippen molar-refractivity contribution in [2.75, 3.05) is 7.11 Å². The lowest BCUT2D eigenvalue weighted by Gasteiger charge is -2.49. The molecule has 0 saturated carbocycles. The van der Waals surface area contributed by atoms with E-state index in [1.165, 1.54) is 24.1 Å². The van der Waals surface area contributed by atoms with Crippen molar-refractivity contribution in [3.05, 3.63) is 52.2 Å². The molecule has 2 aliphatic heterocycles. The molecule has 1 N–H and O–H groups in total. The first-order chi connectivity index (χ1) is 12.7.